The number of rotatable bonds is 6. The normalized spacial score (nSPS) is 17.5. The van der Waals surface area contributed by atoms with E-state index in [1.54, 1.807) is 12.1 Å². The minimum atomic E-state index is -3.16. The molecular formula is C22H18F3N3O6. The van der Waals surface area contributed by atoms with Crippen molar-refractivity contribution in [1.29, 1.82) is 0 Å². The van der Waals surface area contributed by atoms with Crippen LogP contribution in [0.2, 0.25) is 0 Å². The molecule has 0 aliphatic carbocycles. The van der Waals surface area contributed by atoms with Gasteiger partial charge >= 0.3 is 12.7 Å². The number of fused-ring (bicyclic) bond motifs is 1. The number of anilines is 1. The van der Waals surface area contributed by atoms with Gasteiger partial charge in [0.05, 0.1) is 5.69 Å². The molecule has 0 bridgehead atoms. The molecule has 0 radical (unpaired) electrons. The van der Waals surface area contributed by atoms with Crippen molar-refractivity contribution in [3.8, 4) is 5.75 Å². The Morgan fingerprint density at radius 3 is 2.71 bits per heavy atom. The summed E-state index contributed by atoms with van der Waals surface area (Å²) < 4.78 is 47.4. The third-order valence-corrected chi connectivity index (χ3v) is 5.31. The van der Waals surface area contributed by atoms with Crippen LogP contribution in [0.5, 0.6) is 5.75 Å². The Labute approximate surface area is 190 Å². The largest absolute Gasteiger partial charge is 0.444 e. The SMILES string of the molecule is O=C1CCC(N2Cc3ccc(COC(=O)Nc4cc(F)cc(OC(F)F)c4)cc3C2=O)C(=O)N1. The second-order valence-corrected chi connectivity index (χ2v) is 7.65. The van der Waals surface area contributed by atoms with E-state index < -0.39 is 36.2 Å². The number of hydrogen-bond donors (Lipinski definition) is 2. The summed E-state index contributed by atoms with van der Waals surface area (Å²) in [5.74, 6) is -2.63. The summed E-state index contributed by atoms with van der Waals surface area (Å²) in [4.78, 5) is 49.8. The van der Waals surface area contributed by atoms with Crippen LogP contribution in [0.25, 0.3) is 0 Å². The van der Waals surface area contributed by atoms with Gasteiger partial charge in [0.1, 0.15) is 24.2 Å². The van der Waals surface area contributed by atoms with Crippen LogP contribution in [0, 0.1) is 5.82 Å². The quantitative estimate of drug-likeness (QED) is 0.619. The van der Waals surface area contributed by atoms with Crippen LogP contribution in [0.15, 0.2) is 36.4 Å². The molecule has 2 aromatic carbocycles. The number of alkyl halides is 2. The number of nitrogens with zero attached hydrogens (tertiary/aromatic N) is 1. The number of carbonyl (C=O) groups is 4. The molecule has 2 aliphatic rings. The van der Waals surface area contributed by atoms with Crippen molar-refractivity contribution in [2.24, 2.45) is 0 Å². The molecular weight excluding hydrogens is 459 g/mol. The highest BCUT2D eigenvalue weighted by atomic mass is 19.3. The third kappa shape index (κ3) is 5.11. The average molecular weight is 477 g/mol. The Morgan fingerprint density at radius 2 is 1.97 bits per heavy atom. The first-order chi connectivity index (χ1) is 16.2. The van der Waals surface area contributed by atoms with Gasteiger partial charge in [-0.2, -0.15) is 8.78 Å². The van der Waals surface area contributed by atoms with E-state index in [2.05, 4.69) is 15.4 Å². The first-order valence-electron chi connectivity index (χ1n) is 10.2. The first kappa shape index (κ1) is 23.1. The van der Waals surface area contributed by atoms with Gasteiger partial charge in [0, 0.05) is 30.7 Å². The van der Waals surface area contributed by atoms with Crippen molar-refractivity contribution >= 4 is 29.5 Å². The van der Waals surface area contributed by atoms with Gasteiger partial charge in [-0.3, -0.25) is 25.0 Å². The van der Waals surface area contributed by atoms with E-state index in [0.29, 0.717) is 16.7 Å². The number of benzene rings is 2. The van der Waals surface area contributed by atoms with E-state index in [-0.39, 0.29) is 43.5 Å². The zero-order chi connectivity index (χ0) is 24.4. The Balaban J connectivity index is 1.37. The lowest BCUT2D eigenvalue weighted by molar-refractivity contribution is -0.136. The van der Waals surface area contributed by atoms with Crippen LogP contribution in [-0.4, -0.2) is 41.4 Å². The van der Waals surface area contributed by atoms with Crippen LogP contribution in [0.4, 0.5) is 23.7 Å². The predicted octanol–water partition coefficient (Wildman–Crippen LogP) is 2.94. The molecule has 2 aromatic rings. The van der Waals surface area contributed by atoms with E-state index in [1.807, 2.05) is 0 Å². The fourth-order valence-corrected chi connectivity index (χ4v) is 3.80. The lowest BCUT2D eigenvalue weighted by atomic mass is 10.0. The average Bonchev–Trinajstić information content (AvgIpc) is 3.07. The fraction of sp³-hybridized carbons (Fsp3) is 0.273. The molecule has 4 rings (SSSR count). The maximum Gasteiger partial charge on any atom is 0.411 e. The lowest BCUT2D eigenvalue weighted by Gasteiger charge is -2.29. The smallest absolute Gasteiger partial charge is 0.411 e. The Morgan fingerprint density at radius 1 is 1.18 bits per heavy atom. The summed E-state index contributed by atoms with van der Waals surface area (Å²) in [5, 5.41) is 4.44. The van der Waals surface area contributed by atoms with Gasteiger partial charge < -0.3 is 14.4 Å². The van der Waals surface area contributed by atoms with Gasteiger partial charge in [-0.1, -0.05) is 12.1 Å². The molecule has 0 saturated carbocycles. The number of nitrogens with one attached hydrogen (secondary N) is 2. The van der Waals surface area contributed by atoms with Crippen molar-refractivity contribution in [3.63, 3.8) is 0 Å². The molecule has 34 heavy (non-hydrogen) atoms. The second kappa shape index (κ2) is 9.41. The molecule has 4 amide bonds. The van der Waals surface area contributed by atoms with E-state index in [0.717, 1.165) is 18.2 Å². The van der Waals surface area contributed by atoms with E-state index in [9.17, 15) is 32.3 Å². The summed E-state index contributed by atoms with van der Waals surface area (Å²) in [6, 6.07) is 6.76. The summed E-state index contributed by atoms with van der Waals surface area (Å²) in [6.07, 6.45) is -0.596. The molecule has 2 heterocycles. The molecule has 9 nitrogen and oxygen atoms in total. The zero-order valence-corrected chi connectivity index (χ0v) is 17.5. The summed E-state index contributed by atoms with van der Waals surface area (Å²) >= 11 is 0. The number of ether oxygens (including phenoxy) is 2. The van der Waals surface area contributed by atoms with Crippen molar-refractivity contribution in [2.75, 3.05) is 5.32 Å². The Hall–Kier alpha value is -4.09. The van der Waals surface area contributed by atoms with Crippen molar-refractivity contribution in [1.82, 2.24) is 10.2 Å². The molecule has 0 aromatic heterocycles. The van der Waals surface area contributed by atoms with Crippen LogP contribution >= 0.6 is 0 Å². The maximum absolute atomic E-state index is 13.6. The van der Waals surface area contributed by atoms with Gasteiger partial charge in [0.15, 0.2) is 0 Å². The van der Waals surface area contributed by atoms with E-state index in [4.69, 9.17) is 4.74 Å². The molecule has 1 saturated heterocycles. The number of halogens is 3. The van der Waals surface area contributed by atoms with Crippen molar-refractivity contribution in [3.05, 3.63) is 58.9 Å². The minimum absolute atomic E-state index is 0.145. The number of piperidine rings is 1. The molecule has 2 aliphatic heterocycles. The summed E-state index contributed by atoms with van der Waals surface area (Å²) in [6.45, 7) is -3.18. The summed E-state index contributed by atoms with van der Waals surface area (Å²) in [7, 11) is 0. The number of amides is 4. The van der Waals surface area contributed by atoms with E-state index >= 15 is 0 Å². The molecule has 1 unspecified atom stereocenters. The molecule has 12 heteroatoms. The van der Waals surface area contributed by atoms with Crippen LogP contribution in [0.1, 0.15) is 34.3 Å². The van der Waals surface area contributed by atoms with Crippen molar-refractivity contribution in [2.45, 2.75) is 38.6 Å². The molecule has 178 valence electrons. The van der Waals surface area contributed by atoms with Gasteiger partial charge in [-0.05, 0) is 29.7 Å². The van der Waals surface area contributed by atoms with E-state index in [1.165, 1.54) is 11.0 Å². The third-order valence-electron chi connectivity index (χ3n) is 5.31. The van der Waals surface area contributed by atoms with Gasteiger partial charge in [-0.25, -0.2) is 9.18 Å². The highest BCUT2D eigenvalue weighted by Gasteiger charge is 2.39. The Bertz CT molecular complexity index is 1170. The van der Waals surface area contributed by atoms with Crippen LogP contribution in [0.3, 0.4) is 0 Å². The Kier molecular flexibility index (Phi) is 6.39. The highest BCUT2D eigenvalue weighted by molar-refractivity contribution is 6.05. The maximum atomic E-state index is 13.6. The van der Waals surface area contributed by atoms with Crippen LogP contribution in [-0.2, 0) is 27.5 Å². The molecule has 0 spiro atoms. The molecule has 1 fully saturated rings. The second-order valence-electron chi connectivity index (χ2n) is 7.65. The van der Waals surface area contributed by atoms with Crippen LogP contribution < -0.4 is 15.4 Å². The summed E-state index contributed by atoms with van der Waals surface area (Å²) in [5.41, 5.74) is 1.37. The van der Waals surface area contributed by atoms with Gasteiger partial charge in [0.2, 0.25) is 11.8 Å². The first-order valence-corrected chi connectivity index (χ1v) is 10.2. The number of hydrogen-bond acceptors (Lipinski definition) is 6. The lowest BCUT2D eigenvalue weighted by Crippen LogP contribution is -2.52. The number of carbonyl (C=O) groups excluding carboxylic acids is 4. The highest BCUT2D eigenvalue weighted by Crippen LogP contribution is 2.28. The van der Waals surface area contributed by atoms with Gasteiger partial charge in [0.25, 0.3) is 5.91 Å². The van der Waals surface area contributed by atoms with Crippen molar-refractivity contribution < 1.29 is 41.8 Å². The molecule has 2 N–H and O–H groups in total. The van der Waals surface area contributed by atoms with Gasteiger partial charge in [-0.15, -0.1) is 0 Å². The zero-order valence-electron chi connectivity index (χ0n) is 17.5. The number of imide groups is 1. The monoisotopic (exact) mass is 477 g/mol. The standard InChI is InChI=1S/C22H18F3N3O6/c23-13-6-14(8-15(7-13)34-21(24)25)26-22(32)33-10-11-1-2-12-9-28(20(31)16(12)5-11)17-3-4-18(29)27-19(17)30/h1-2,5-8,17,21H,3-4,9-10H2,(H,26,32)(H,27,29,30). The topological polar surface area (TPSA) is 114 Å². The predicted molar refractivity (Wildman–Crippen MR) is 109 cm³/mol. The minimum Gasteiger partial charge on any atom is -0.444 e. The molecule has 1 atom stereocenters. The fourth-order valence-electron chi connectivity index (χ4n) is 3.80.